The summed E-state index contributed by atoms with van der Waals surface area (Å²) in [5.41, 5.74) is 5.91. The van der Waals surface area contributed by atoms with E-state index in [9.17, 15) is 0 Å². The molecule has 0 saturated carbocycles. The first-order chi connectivity index (χ1) is 9.61. The van der Waals surface area contributed by atoms with Crippen molar-refractivity contribution in [3.63, 3.8) is 0 Å². The smallest absolute Gasteiger partial charge is 0.105 e. The van der Waals surface area contributed by atoms with E-state index in [2.05, 4.69) is 25.7 Å². The maximum atomic E-state index is 5.70. The molecule has 3 heteroatoms. The van der Waals surface area contributed by atoms with Crippen LogP contribution in [0.3, 0.4) is 0 Å². The van der Waals surface area contributed by atoms with E-state index < -0.39 is 0 Å². The molecule has 1 aliphatic heterocycles. The monoisotopic (exact) mass is 281 g/mol. The van der Waals surface area contributed by atoms with Gasteiger partial charge < -0.3 is 10.6 Å². The molecule has 0 unspecified atom stereocenters. The lowest BCUT2D eigenvalue weighted by atomic mass is 9.84. The van der Waals surface area contributed by atoms with Crippen molar-refractivity contribution >= 4 is 5.84 Å². The van der Waals surface area contributed by atoms with Gasteiger partial charge in [0.1, 0.15) is 5.84 Å². The Hall–Kier alpha value is -0.570. The van der Waals surface area contributed by atoms with E-state index in [1.165, 1.54) is 57.2 Å². The Balaban J connectivity index is 2.23. The van der Waals surface area contributed by atoms with Gasteiger partial charge in [-0.25, -0.2) is 0 Å². The van der Waals surface area contributed by atoms with Gasteiger partial charge in [-0.05, 0) is 6.42 Å². The maximum absolute atomic E-state index is 5.70. The fourth-order valence-electron chi connectivity index (χ4n) is 3.13. The molecular formula is C17H35N3. The van der Waals surface area contributed by atoms with Gasteiger partial charge in [0.25, 0.3) is 0 Å². The van der Waals surface area contributed by atoms with Crippen LogP contribution in [-0.4, -0.2) is 36.9 Å². The summed E-state index contributed by atoms with van der Waals surface area (Å²) in [5.74, 6) is 1.30. The highest BCUT2D eigenvalue weighted by Crippen LogP contribution is 2.29. The summed E-state index contributed by atoms with van der Waals surface area (Å²) in [7, 11) is 0. The Bertz CT molecular complexity index is 284. The summed E-state index contributed by atoms with van der Waals surface area (Å²) >= 11 is 0. The number of rotatable bonds is 11. The van der Waals surface area contributed by atoms with Crippen molar-refractivity contribution in [1.82, 2.24) is 4.90 Å². The van der Waals surface area contributed by atoms with E-state index >= 15 is 0 Å². The van der Waals surface area contributed by atoms with Gasteiger partial charge in [-0.15, -0.1) is 0 Å². The van der Waals surface area contributed by atoms with Gasteiger partial charge in [-0.1, -0.05) is 65.7 Å². The van der Waals surface area contributed by atoms with Gasteiger partial charge in [0.05, 0.1) is 6.54 Å². The largest absolute Gasteiger partial charge is 0.357 e. The van der Waals surface area contributed by atoms with Crippen LogP contribution in [0.2, 0.25) is 0 Å². The minimum absolute atomic E-state index is 0.217. The molecule has 1 heterocycles. The summed E-state index contributed by atoms with van der Waals surface area (Å²) in [5, 5.41) is 0. The normalized spacial score (nSPS) is 15.8. The Kier molecular flexibility index (Phi) is 8.20. The van der Waals surface area contributed by atoms with Crippen LogP contribution in [0.5, 0.6) is 0 Å². The van der Waals surface area contributed by atoms with Gasteiger partial charge >= 0.3 is 0 Å². The van der Waals surface area contributed by atoms with Crippen molar-refractivity contribution in [3.05, 3.63) is 0 Å². The Morgan fingerprint density at radius 2 is 1.75 bits per heavy atom. The molecule has 2 N–H and O–H groups in total. The molecule has 0 aromatic carbocycles. The highest BCUT2D eigenvalue weighted by molar-refractivity contribution is 5.88. The lowest BCUT2D eigenvalue weighted by molar-refractivity contribution is 0.366. The SMILES string of the molecule is CCCCCCCCCC(C)(C)C1=NCCN1CCN. The number of unbranched alkanes of at least 4 members (excludes halogenated alkanes) is 6. The molecule has 3 nitrogen and oxygen atoms in total. The topological polar surface area (TPSA) is 41.6 Å². The van der Waals surface area contributed by atoms with Crippen molar-refractivity contribution in [2.24, 2.45) is 16.1 Å². The van der Waals surface area contributed by atoms with Crippen LogP contribution in [0.4, 0.5) is 0 Å². The first kappa shape index (κ1) is 17.5. The predicted molar refractivity (Wildman–Crippen MR) is 89.3 cm³/mol. The average Bonchev–Trinajstić information content (AvgIpc) is 2.87. The fraction of sp³-hybridized carbons (Fsp3) is 0.941. The van der Waals surface area contributed by atoms with E-state index in [-0.39, 0.29) is 5.41 Å². The molecule has 20 heavy (non-hydrogen) atoms. The number of nitrogens with two attached hydrogens (primary N) is 1. The molecule has 0 atom stereocenters. The number of hydrogen-bond acceptors (Lipinski definition) is 3. The molecular weight excluding hydrogens is 246 g/mol. The summed E-state index contributed by atoms with van der Waals surface area (Å²) in [4.78, 5) is 7.12. The van der Waals surface area contributed by atoms with E-state index in [0.29, 0.717) is 0 Å². The second-order valence-corrected chi connectivity index (χ2v) is 6.74. The van der Waals surface area contributed by atoms with E-state index in [1.807, 2.05) is 0 Å². The second kappa shape index (κ2) is 9.38. The minimum Gasteiger partial charge on any atom is -0.357 e. The van der Waals surface area contributed by atoms with Crippen molar-refractivity contribution in [2.45, 2.75) is 72.1 Å². The molecule has 0 saturated heterocycles. The fourth-order valence-corrected chi connectivity index (χ4v) is 3.13. The summed E-state index contributed by atoms with van der Waals surface area (Å²) in [6.45, 7) is 10.7. The third-order valence-corrected chi connectivity index (χ3v) is 4.34. The van der Waals surface area contributed by atoms with E-state index in [0.717, 1.165) is 26.2 Å². The van der Waals surface area contributed by atoms with Crippen LogP contribution >= 0.6 is 0 Å². The number of nitrogens with zero attached hydrogens (tertiary/aromatic N) is 2. The third-order valence-electron chi connectivity index (χ3n) is 4.34. The van der Waals surface area contributed by atoms with Crippen LogP contribution in [0.1, 0.15) is 72.1 Å². The van der Waals surface area contributed by atoms with Gasteiger partial charge in [-0.2, -0.15) is 0 Å². The molecule has 118 valence electrons. The predicted octanol–water partition coefficient (Wildman–Crippen LogP) is 3.83. The number of aliphatic imine (C=N–C) groups is 1. The third kappa shape index (κ3) is 5.82. The van der Waals surface area contributed by atoms with Crippen LogP contribution in [0, 0.1) is 5.41 Å². The Morgan fingerprint density at radius 3 is 2.40 bits per heavy atom. The molecule has 0 amide bonds. The second-order valence-electron chi connectivity index (χ2n) is 6.74. The molecule has 0 spiro atoms. The van der Waals surface area contributed by atoms with Crippen LogP contribution in [-0.2, 0) is 0 Å². The molecule has 0 bridgehead atoms. The standard InChI is InChI=1S/C17H35N3/c1-4-5-6-7-8-9-10-11-17(2,3)16-19-13-15-20(16)14-12-18/h4-15,18H2,1-3H3. The summed E-state index contributed by atoms with van der Waals surface area (Å²) in [6.07, 6.45) is 10.9. The molecule has 0 aromatic heterocycles. The van der Waals surface area contributed by atoms with E-state index in [4.69, 9.17) is 10.7 Å². The highest BCUT2D eigenvalue weighted by Gasteiger charge is 2.31. The van der Waals surface area contributed by atoms with Crippen molar-refractivity contribution in [3.8, 4) is 0 Å². The highest BCUT2D eigenvalue weighted by atomic mass is 15.2. The first-order valence-electron chi connectivity index (χ1n) is 8.61. The zero-order valence-corrected chi connectivity index (χ0v) is 14.0. The zero-order valence-electron chi connectivity index (χ0n) is 14.0. The van der Waals surface area contributed by atoms with Crippen LogP contribution < -0.4 is 5.73 Å². The van der Waals surface area contributed by atoms with Crippen LogP contribution in [0.25, 0.3) is 0 Å². The van der Waals surface area contributed by atoms with Crippen LogP contribution in [0.15, 0.2) is 4.99 Å². The lowest BCUT2D eigenvalue weighted by Crippen LogP contribution is -2.40. The molecule has 0 fully saturated rings. The van der Waals surface area contributed by atoms with Crippen molar-refractivity contribution < 1.29 is 0 Å². The van der Waals surface area contributed by atoms with Crippen molar-refractivity contribution in [1.29, 1.82) is 0 Å². The maximum Gasteiger partial charge on any atom is 0.105 e. The Morgan fingerprint density at radius 1 is 1.10 bits per heavy atom. The molecule has 1 rings (SSSR count). The summed E-state index contributed by atoms with van der Waals surface area (Å²) in [6, 6.07) is 0. The van der Waals surface area contributed by atoms with Gasteiger partial charge in [0.15, 0.2) is 0 Å². The van der Waals surface area contributed by atoms with Gasteiger partial charge in [-0.3, -0.25) is 4.99 Å². The molecule has 0 radical (unpaired) electrons. The quantitative estimate of drug-likeness (QED) is 0.585. The van der Waals surface area contributed by atoms with Gasteiger partial charge in [0.2, 0.25) is 0 Å². The van der Waals surface area contributed by atoms with Crippen molar-refractivity contribution in [2.75, 3.05) is 26.2 Å². The average molecular weight is 281 g/mol. The molecule has 1 aliphatic rings. The van der Waals surface area contributed by atoms with E-state index in [1.54, 1.807) is 0 Å². The molecule has 0 aromatic rings. The summed E-state index contributed by atoms with van der Waals surface area (Å²) < 4.78 is 0. The first-order valence-corrected chi connectivity index (χ1v) is 8.61. The number of hydrogen-bond donors (Lipinski definition) is 1. The lowest BCUT2D eigenvalue weighted by Gasteiger charge is -2.32. The zero-order chi connectivity index (χ0) is 14.8. The molecule has 0 aliphatic carbocycles. The van der Waals surface area contributed by atoms with Gasteiger partial charge in [0, 0.05) is 25.0 Å². The Labute approximate surface area is 126 Å². The minimum atomic E-state index is 0.217. The number of amidine groups is 1.